The van der Waals surface area contributed by atoms with Gasteiger partial charge in [-0.1, -0.05) is 84.9 Å². The lowest BCUT2D eigenvalue weighted by atomic mass is 9.85. The Bertz CT molecular complexity index is 2240. The summed E-state index contributed by atoms with van der Waals surface area (Å²) in [6.07, 6.45) is 9.55. The second kappa shape index (κ2) is 17.0. The summed E-state index contributed by atoms with van der Waals surface area (Å²) < 4.78 is 31.6. The lowest BCUT2D eigenvalue weighted by Crippen LogP contribution is -2.59. The molecule has 10 rings (SSSR count). The molecule has 0 fully saturated rings. The molecule has 0 aliphatic carbocycles. The minimum absolute atomic E-state index is 0. The van der Waals surface area contributed by atoms with Gasteiger partial charge in [0.15, 0.2) is 11.3 Å². The Hall–Kier alpha value is -6.45. The van der Waals surface area contributed by atoms with Crippen LogP contribution in [-0.2, 0) is 21.7 Å². The van der Waals surface area contributed by atoms with Gasteiger partial charge in [-0.15, -0.1) is 0 Å². The van der Waals surface area contributed by atoms with Crippen molar-refractivity contribution in [2.24, 2.45) is 9.98 Å². The molecule has 0 saturated heterocycles. The van der Waals surface area contributed by atoms with Gasteiger partial charge in [-0.05, 0) is 61.4 Å². The molecule has 13 nitrogen and oxygen atoms in total. The third kappa shape index (κ3) is 7.65. The van der Waals surface area contributed by atoms with Crippen LogP contribution in [0.5, 0.6) is 0 Å². The Labute approximate surface area is 337 Å². The van der Waals surface area contributed by atoms with Crippen LogP contribution in [0, 0.1) is 0 Å². The van der Waals surface area contributed by atoms with Crippen molar-refractivity contribution in [1.82, 2.24) is 19.8 Å². The Morgan fingerprint density at radius 3 is 1.21 bits per heavy atom. The fraction of sp³-hybridized carbons (Fsp3) is 0.182. The van der Waals surface area contributed by atoms with Crippen molar-refractivity contribution in [3.05, 3.63) is 192 Å². The van der Waals surface area contributed by atoms with E-state index in [0.29, 0.717) is 0 Å². The summed E-state index contributed by atoms with van der Waals surface area (Å²) in [6, 6.07) is 46.6. The molecule has 296 valence electrons. The van der Waals surface area contributed by atoms with Crippen LogP contribution in [0.2, 0.25) is 0 Å². The third-order valence-corrected chi connectivity index (χ3v) is 10.5. The molecule has 4 aromatic carbocycles. The van der Waals surface area contributed by atoms with Crippen molar-refractivity contribution in [2.45, 2.75) is 24.2 Å². The zero-order valence-electron chi connectivity index (χ0n) is 31.6. The van der Waals surface area contributed by atoms with E-state index in [1.165, 1.54) is 33.4 Å². The Kier molecular flexibility index (Phi) is 11.6. The van der Waals surface area contributed by atoms with Gasteiger partial charge in [0.25, 0.3) is 0 Å². The molecule has 4 aliphatic heterocycles. The number of nitrogens with zero attached hydrogens (tertiary/aromatic N) is 6. The monoisotopic (exact) mass is 796 g/mol. The topological polar surface area (TPSA) is 187 Å². The molecule has 0 bridgehead atoms. The molecular formula is C44H44N8O5S. The van der Waals surface area contributed by atoms with E-state index in [4.69, 9.17) is 27.5 Å². The van der Waals surface area contributed by atoms with Crippen LogP contribution in [0.4, 0.5) is 11.4 Å². The van der Waals surface area contributed by atoms with Crippen molar-refractivity contribution in [1.29, 1.82) is 0 Å². The summed E-state index contributed by atoms with van der Waals surface area (Å²) in [6.45, 7) is 3.66. The predicted molar refractivity (Wildman–Crippen MR) is 226 cm³/mol. The van der Waals surface area contributed by atoms with Crippen LogP contribution in [0.1, 0.15) is 46.2 Å². The van der Waals surface area contributed by atoms with E-state index in [-0.39, 0.29) is 5.48 Å². The summed E-state index contributed by atoms with van der Waals surface area (Å²) in [7, 11) is -4.67. The predicted octanol–water partition coefficient (Wildman–Crippen LogP) is 6.24. The van der Waals surface area contributed by atoms with Crippen LogP contribution < -0.4 is 10.6 Å². The summed E-state index contributed by atoms with van der Waals surface area (Å²) in [5.41, 5.74) is 8.35. The fourth-order valence-electron chi connectivity index (χ4n) is 8.21. The second-order valence-corrected chi connectivity index (χ2v) is 14.7. The second-order valence-electron chi connectivity index (χ2n) is 13.8. The SMILES string of the molecule is O.O=S(=O)(O)O.c1ccc(C2(c3ccncc3)Nc3ccccc3C3=NCCCN32)cc1.c1ccc(C2(c3ccncc3)Nc3ccccc3C3=NCCCN32)cc1. The van der Waals surface area contributed by atoms with Crippen LogP contribution in [0.15, 0.2) is 168 Å². The number of pyridine rings is 2. The van der Waals surface area contributed by atoms with Gasteiger partial charge in [0.2, 0.25) is 0 Å². The first-order chi connectivity index (χ1) is 27.8. The van der Waals surface area contributed by atoms with Gasteiger partial charge in [0.05, 0.1) is 0 Å². The smallest absolute Gasteiger partial charge is 0.394 e. The highest BCUT2D eigenvalue weighted by molar-refractivity contribution is 7.79. The fourth-order valence-corrected chi connectivity index (χ4v) is 8.21. The van der Waals surface area contributed by atoms with Crippen LogP contribution >= 0.6 is 0 Å². The summed E-state index contributed by atoms with van der Waals surface area (Å²) in [5, 5.41) is 7.72. The van der Waals surface area contributed by atoms with Gasteiger partial charge in [0.1, 0.15) is 11.7 Å². The zero-order chi connectivity index (χ0) is 39.3. The highest BCUT2D eigenvalue weighted by Crippen LogP contribution is 2.45. The number of para-hydroxylation sites is 2. The molecule has 6 N–H and O–H groups in total. The first kappa shape index (κ1) is 39.8. The molecule has 2 unspecified atom stereocenters. The lowest BCUT2D eigenvalue weighted by molar-refractivity contribution is 0.235. The number of hydrogen-bond acceptors (Lipinski definition) is 10. The van der Waals surface area contributed by atoms with Gasteiger partial charge >= 0.3 is 10.4 Å². The van der Waals surface area contributed by atoms with Crippen LogP contribution in [0.25, 0.3) is 0 Å². The van der Waals surface area contributed by atoms with Gasteiger partial charge in [-0.3, -0.25) is 29.1 Å². The molecule has 6 heterocycles. The molecule has 14 heteroatoms. The maximum absolute atomic E-state index is 8.74. The molecule has 58 heavy (non-hydrogen) atoms. The minimum Gasteiger partial charge on any atom is -0.412 e. The minimum atomic E-state index is -4.67. The van der Waals surface area contributed by atoms with Crippen molar-refractivity contribution in [2.75, 3.05) is 36.8 Å². The maximum atomic E-state index is 8.74. The number of aromatic nitrogens is 2. The average molecular weight is 797 g/mol. The Morgan fingerprint density at radius 1 is 0.500 bits per heavy atom. The third-order valence-electron chi connectivity index (χ3n) is 10.5. The number of anilines is 2. The van der Waals surface area contributed by atoms with Gasteiger partial charge in [-0.25, -0.2) is 0 Å². The van der Waals surface area contributed by atoms with E-state index in [1.54, 1.807) is 0 Å². The number of amidine groups is 2. The van der Waals surface area contributed by atoms with Crippen LogP contribution in [0.3, 0.4) is 0 Å². The largest absolute Gasteiger partial charge is 0.412 e. The van der Waals surface area contributed by atoms with Crippen molar-refractivity contribution in [3.8, 4) is 0 Å². The number of fused-ring (bicyclic) bond motifs is 6. The molecule has 0 radical (unpaired) electrons. The summed E-state index contributed by atoms with van der Waals surface area (Å²) >= 11 is 0. The molecule has 4 aliphatic rings. The Morgan fingerprint density at radius 2 is 0.828 bits per heavy atom. The van der Waals surface area contributed by atoms with E-state index in [9.17, 15) is 0 Å². The quantitative estimate of drug-likeness (QED) is 0.149. The first-order valence-electron chi connectivity index (χ1n) is 18.8. The normalized spacial score (nSPS) is 20.0. The van der Waals surface area contributed by atoms with Crippen LogP contribution in [-0.4, -0.2) is 80.6 Å². The number of benzene rings is 4. The molecule has 0 spiro atoms. The van der Waals surface area contributed by atoms with Gasteiger partial charge in [0, 0.05) is 95.7 Å². The number of nitrogens with one attached hydrogen (secondary N) is 2. The highest BCUT2D eigenvalue weighted by atomic mass is 32.3. The molecule has 2 atom stereocenters. The molecule has 0 saturated carbocycles. The van der Waals surface area contributed by atoms with E-state index in [2.05, 4.69) is 164 Å². The molecular weight excluding hydrogens is 753 g/mol. The van der Waals surface area contributed by atoms with E-state index in [0.717, 1.165) is 62.1 Å². The lowest BCUT2D eigenvalue weighted by Gasteiger charge is -2.52. The van der Waals surface area contributed by atoms with Gasteiger partial charge in [-0.2, -0.15) is 8.42 Å². The van der Waals surface area contributed by atoms with E-state index >= 15 is 0 Å². The first-order valence-corrected chi connectivity index (χ1v) is 20.2. The van der Waals surface area contributed by atoms with Crippen molar-refractivity contribution < 1.29 is 23.0 Å². The van der Waals surface area contributed by atoms with Gasteiger partial charge < -0.3 is 25.9 Å². The maximum Gasteiger partial charge on any atom is 0.394 e. The molecule has 6 aromatic rings. The summed E-state index contributed by atoms with van der Waals surface area (Å²) in [5.74, 6) is 2.15. The standard InChI is InChI=1S/2C22H20N4.H2O4S.H2O/c2*1-2-7-17(8-3-1)22(18-11-14-23-15-12-18)25-20-10-5-4-9-19(20)21-24-13-6-16-26(21)22;1-5(2,3)4;/h2*1-5,7-12,14-15,25H,6,13,16H2;(H2,1,2,3,4);1H2. The number of aliphatic imine (C=N–C) groups is 2. The summed E-state index contributed by atoms with van der Waals surface area (Å²) in [4.78, 5) is 23.2. The van der Waals surface area contributed by atoms with Crippen molar-refractivity contribution >= 4 is 33.4 Å². The number of hydrogen-bond donors (Lipinski definition) is 4. The number of rotatable bonds is 4. The molecule has 0 amide bonds. The molecule has 2 aromatic heterocycles. The highest BCUT2D eigenvalue weighted by Gasteiger charge is 2.48. The van der Waals surface area contributed by atoms with E-state index < -0.39 is 21.7 Å². The Balaban J connectivity index is 0.000000156. The zero-order valence-corrected chi connectivity index (χ0v) is 32.4. The van der Waals surface area contributed by atoms with Crippen molar-refractivity contribution in [3.63, 3.8) is 0 Å². The average Bonchev–Trinajstić information content (AvgIpc) is 3.26. The van der Waals surface area contributed by atoms with E-state index in [1.807, 2.05) is 24.8 Å².